The smallest absolute Gasteiger partial charge is 0.258 e. The molecule has 1 aliphatic carbocycles. The molecule has 31 heavy (non-hydrogen) atoms. The number of ether oxygens (including phenoxy) is 1. The fourth-order valence-corrected chi connectivity index (χ4v) is 4.14. The third-order valence-corrected chi connectivity index (χ3v) is 5.81. The SMILES string of the molecule is COCCN(Cc1nc2ccccc2c(=O)[nH]1)C(=O)CN1C(=O)[C@H]2CC=CC[C@@H]2C1=O. The second-order valence-corrected chi connectivity index (χ2v) is 7.76. The number of imide groups is 1. The van der Waals surface area contributed by atoms with E-state index in [1.165, 1.54) is 12.0 Å². The zero-order valence-electron chi connectivity index (χ0n) is 17.2. The molecule has 1 aromatic heterocycles. The van der Waals surface area contributed by atoms with Crippen LogP contribution in [0.25, 0.3) is 10.9 Å². The van der Waals surface area contributed by atoms with Gasteiger partial charge in [-0.25, -0.2) is 4.98 Å². The van der Waals surface area contributed by atoms with E-state index in [4.69, 9.17) is 4.74 Å². The van der Waals surface area contributed by atoms with Crippen molar-refractivity contribution in [3.63, 3.8) is 0 Å². The molecule has 0 spiro atoms. The summed E-state index contributed by atoms with van der Waals surface area (Å²) in [6, 6.07) is 6.94. The van der Waals surface area contributed by atoms with E-state index in [2.05, 4.69) is 9.97 Å². The van der Waals surface area contributed by atoms with Crippen molar-refractivity contribution in [1.29, 1.82) is 0 Å². The van der Waals surface area contributed by atoms with Crippen molar-refractivity contribution in [2.45, 2.75) is 19.4 Å². The number of nitrogens with zero attached hydrogens (tertiary/aromatic N) is 3. The summed E-state index contributed by atoms with van der Waals surface area (Å²) in [6.45, 7) is 0.205. The van der Waals surface area contributed by atoms with Crippen molar-refractivity contribution < 1.29 is 19.1 Å². The van der Waals surface area contributed by atoms with Crippen LogP contribution in [0.4, 0.5) is 0 Å². The second kappa shape index (κ2) is 8.81. The van der Waals surface area contributed by atoms with E-state index in [0.717, 1.165) is 4.90 Å². The van der Waals surface area contributed by atoms with Gasteiger partial charge in [0, 0.05) is 13.7 Å². The molecule has 1 aromatic carbocycles. The molecule has 3 amide bonds. The Kier molecular flexibility index (Phi) is 5.94. The van der Waals surface area contributed by atoms with E-state index in [1.54, 1.807) is 24.3 Å². The van der Waals surface area contributed by atoms with Crippen LogP contribution in [0, 0.1) is 11.8 Å². The summed E-state index contributed by atoms with van der Waals surface area (Å²) in [6.07, 6.45) is 4.86. The van der Waals surface area contributed by atoms with Crippen LogP contribution in [0.5, 0.6) is 0 Å². The molecule has 1 N–H and O–H groups in total. The van der Waals surface area contributed by atoms with Gasteiger partial charge in [0.15, 0.2) is 0 Å². The van der Waals surface area contributed by atoms with Crippen LogP contribution in [-0.4, -0.2) is 64.3 Å². The van der Waals surface area contributed by atoms with E-state index < -0.39 is 5.91 Å². The number of hydrogen-bond acceptors (Lipinski definition) is 6. The van der Waals surface area contributed by atoms with Crippen molar-refractivity contribution in [3.05, 3.63) is 52.6 Å². The average molecular weight is 424 g/mol. The zero-order valence-corrected chi connectivity index (χ0v) is 17.2. The van der Waals surface area contributed by atoms with E-state index in [0.29, 0.717) is 29.6 Å². The van der Waals surface area contributed by atoms with Crippen LogP contribution in [0.1, 0.15) is 18.7 Å². The Balaban J connectivity index is 1.52. The summed E-state index contributed by atoms with van der Waals surface area (Å²) in [5, 5.41) is 0.463. The van der Waals surface area contributed by atoms with Crippen molar-refractivity contribution >= 4 is 28.6 Å². The highest BCUT2D eigenvalue weighted by molar-refractivity contribution is 6.07. The highest BCUT2D eigenvalue weighted by Gasteiger charge is 2.47. The van der Waals surface area contributed by atoms with Crippen LogP contribution < -0.4 is 5.56 Å². The van der Waals surface area contributed by atoms with Gasteiger partial charge in [-0.05, 0) is 25.0 Å². The third kappa shape index (κ3) is 4.13. The van der Waals surface area contributed by atoms with Gasteiger partial charge >= 0.3 is 0 Å². The minimum Gasteiger partial charge on any atom is -0.383 e. The molecular formula is C22H24N4O5. The number of para-hydroxylation sites is 1. The van der Waals surface area contributed by atoms with Gasteiger partial charge in [-0.2, -0.15) is 0 Å². The Hall–Kier alpha value is -3.33. The lowest BCUT2D eigenvalue weighted by Gasteiger charge is -2.24. The van der Waals surface area contributed by atoms with E-state index >= 15 is 0 Å². The number of likely N-dealkylation sites (tertiary alicyclic amines) is 1. The number of hydrogen-bond donors (Lipinski definition) is 1. The molecule has 0 saturated carbocycles. The Morgan fingerprint density at radius 2 is 1.84 bits per heavy atom. The number of fused-ring (bicyclic) bond motifs is 2. The standard InChI is InChI=1S/C22H24N4O5/c1-31-11-10-25(12-18-23-17-9-5-4-8-16(17)20(28)24-18)19(27)13-26-21(29)14-6-2-3-7-15(14)22(26)30/h2-5,8-9,14-15H,6-7,10-13H2,1H3,(H,23,24,28)/t14-,15-/m0/s1. The van der Waals surface area contributed by atoms with Crippen molar-refractivity contribution in [3.8, 4) is 0 Å². The first-order chi connectivity index (χ1) is 15.0. The topological polar surface area (TPSA) is 113 Å². The fourth-order valence-electron chi connectivity index (χ4n) is 4.14. The Morgan fingerprint density at radius 1 is 1.16 bits per heavy atom. The first-order valence-corrected chi connectivity index (χ1v) is 10.2. The third-order valence-electron chi connectivity index (χ3n) is 5.81. The highest BCUT2D eigenvalue weighted by Crippen LogP contribution is 2.34. The van der Waals surface area contributed by atoms with Gasteiger partial charge < -0.3 is 14.6 Å². The summed E-state index contributed by atoms with van der Waals surface area (Å²) in [7, 11) is 1.52. The molecule has 1 fully saturated rings. The largest absolute Gasteiger partial charge is 0.383 e. The van der Waals surface area contributed by atoms with E-state index in [1.807, 2.05) is 12.2 Å². The van der Waals surface area contributed by atoms with E-state index in [-0.39, 0.29) is 55.5 Å². The maximum Gasteiger partial charge on any atom is 0.258 e. The predicted molar refractivity (Wildman–Crippen MR) is 112 cm³/mol. The van der Waals surface area contributed by atoms with Gasteiger partial charge in [0.1, 0.15) is 12.4 Å². The van der Waals surface area contributed by atoms with Gasteiger partial charge in [-0.3, -0.25) is 24.1 Å². The first kappa shape index (κ1) is 20.9. The van der Waals surface area contributed by atoms with Gasteiger partial charge in [0.25, 0.3) is 5.56 Å². The zero-order chi connectivity index (χ0) is 22.0. The number of methoxy groups -OCH3 is 1. The number of rotatable bonds is 7. The highest BCUT2D eigenvalue weighted by atomic mass is 16.5. The lowest BCUT2D eigenvalue weighted by Crippen LogP contribution is -2.44. The molecule has 2 aliphatic rings. The molecule has 2 atom stereocenters. The molecule has 1 aliphatic heterocycles. The molecule has 2 aromatic rings. The summed E-state index contributed by atoms with van der Waals surface area (Å²) < 4.78 is 5.10. The molecule has 2 heterocycles. The Labute approximate surface area is 178 Å². The summed E-state index contributed by atoms with van der Waals surface area (Å²) in [5.41, 5.74) is 0.239. The minimum absolute atomic E-state index is 0.0346. The average Bonchev–Trinajstić information content (AvgIpc) is 3.01. The molecule has 0 unspecified atom stereocenters. The number of carbonyl (C=O) groups is 3. The van der Waals surface area contributed by atoms with Gasteiger partial charge in [-0.15, -0.1) is 0 Å². The number of aromatic amines is 1. The maximum absolute atomic E-state index is 13.0. The molecular weight excluding hydrogens is 400 g/mol. The molecule has 9 nitrogen and oxygen atoms in total. The minimum atomic E-state index is -0.402. The molecule has 0 radical (unpaired) electrons. The summed E-state index contributed by atoms with van der Waals surface area (Å²) in [5.74, 6) is -1.42. The lowest BCUT2D eigenvalue weighted by atomic mass is 9.85. The number of allylic oxidation sites excluding steroid dienone is 2. The van der Waals surface area contributed by atoms with Crippen LogP contribution in [0.15, 0.2) is 41.2 Å². The molecule has 162 valence electrons. The molecule has 9 heteroatoms. The number of H-pyrrole nitrogens is 1. The Bertz CT molecular complexity index is 1080. The van der Waals surface area contributed by atoms with Crippen molar-refractivity contribution in [1.82, 2.24) is 19.8 Å². The number of amides is 3. The predicted octanol–water partition coefficient (Wildman–Crippen LogP) is 0.849. The summed E-state index contributed by atoms with van der Waals surface area (Å²) >= 11 is 0. The van der Waals surface area contributed by atoms with E-state index in [9.17, 15) is 19.2 Å². The number of nitrogens with one attached hydrogen (secondary N) is 1. The lowest BCUT2D eigenvalue weighted by molar-refractivity contribution is -0.147. The number of aromatic nitrogens is 2. The fraction of sp³-hybridized carbons (Fsp3) is 0.409. The molecule has 4 rings (SSSR count). The molecule has 0 bridgehead atoms. The van der Waals surface area contributed by atoms with Crippen molar-refractivity contribution in [2.24, 2.45) is 11.8 Å². The normalized spacial score (nSPS) is 20.4. The van der Waals surface area contributed by atoms with Crippen LogP contribution in [-0.2, 0) is 25.7 Å². The summed E-state index contributed by atoms with van der Waals surface area (Å²) in [4.78, 5) is 60.4. The Morgan fingerprint density at radius 3 is 2.52 bits per heavy atom. The van der Waals surface area contributed by atoms with Crippen molar-refractivity contribution in [2.75, 3.05) is 26.8 Å². The maximum atomic E-state index is 13.0. The first-order valence-electron chi connectivity index (χ1n) is 10.2. The van der Waals surface area contributed by atoms with Crippen LogP contribution >= 0.6 is 0 Å². The van der Waals surface area contributed by atoms with Gasteiger partial charge in [0.05, 0.1) is 35.9 Å². The van der Waals surface area contributed by atoms with Crippen LogP contribution in [0.3, 0.4) is 0 Å². The van der Waals surface area contributed by atoms with Crippen LogP contribution in [0.2, 0.25) is 0 Å². The number of benzene rings is 1. The van der Waals surface area contributed by atoms with Gasteiger partial charge in [0.2, 0.25) is 17.7 Å². The second-order valence-electron chi connectivity index (χ2n) is 7.76. The number of carbonyl (C=O) groups excluding carboxylic acids is 3. The van der Waals surface area contributed by atoms with Gasteiger partial charge in [-0.1, -0.05) is 24.3 Å². The monoisotopic (exact) mass is 424 g/mol. The molecule has 1 saturated heterocycles. The quantitative estimate of drug-likeness (QED) is 0.521.